The predicted octanol–water partition coefficient (Wildman–Crippen LogP) is 6.93. The minimum Gasteiger partial charge on any atom is -0.480 e. The van der Waals surface area contributed by atoms with Crippen molar-refractivity contribution in [2.24, 2.45) is 0 Å². The molecule has 0 saturated carbocycles. The number of alkyl halides is 3. The van der Waals surface area contributed by atoms with Crippen molar-refractivity contribution in [2.75, 3.05) is 12.4 Å². The Labute approximate surface area is 197 Å². The van der Waals surface area contributed by atoms with Crippen molar-refractivity contribution < 1.29 is 32.5 Å². The SMILES string of the molecule is O=C(O)COc1ccc(SC/C=C(/c2ccccc2)c2ccccc2OC(F)(F)F)cc1Cl. The highest BCUT2D eigenvalue weighted by Gasteiger charge is 2.32. The van der Waals surface area contributed by atoms with Crippen LogP contribution < -0.4 is 9.47 Å². The number of aliphatic carboxylic acids is 1. The van der Waals surface area contributed by atoms with Gasteiger partial charge in [-0.15, -0.1) is 24.9 Å². The maximum absolute atomic E-state index is 12.9. The van der Waals surface area contributed by atoms with Crippen molar-refractivity contribution in [1.29, 1.82) is 0 Å². The zero-order valence-electron chi connectivity index (χ0n) is 17.0. The van der Waals surface area contributed by atoms with E-state index in [-0.39, 0.29) is 16.5 Å². The maximum atomic E-state index is 12.9. The number of hydrogen-bond donors (Lipinski definition) is 1. The van der Waals surface area contributed by atoms with Gasteiger partial charge in [0.1, 0.15) is 11.5 Å². The lowest BCUT2D eigenvalue weighted by molar-refractivity contribution is -0.274. The highest BCUT2D eigenvalue weighted by molar-refractivity contribution is 7.99. The molecule has 0 aliphatic rings. The second kappa shape index (κ2) is 11.2. The largest absolute Gasteiger partial charge is 0.573 e. The van der Waals surface area contributed by atoms with Crippen LogP contribution in [0.2, 0.25) is 5.02 Å². The molecular formula is C24H18ClF3O4S. The molecule has 0 fully saturated rings. The molecule has 0 aromatic heterocycles. The van der Waals surface area contributed by atoms with E-state index in [1.165, 1.54) is 23.9 Å². The third-order valence-electron chi connectivity index (χ3n) is 4.28. The van der Waals surface area contributed by atoms with E-state index >= 15 is 0 Å². The van der Waals surface area contributed by atoms with Gasteiger partial charge in [0.2, 0.25) is 0 Å². The van der Waals surface area contributed by atoms with Gasteiger partial charge >= 0.3 is 12.3 Å². The Hall–Kier alpha value is -3.10. The van der Waals surface area contributed by atoms with Crippen molar-refractivity contribution >= 4 is 34.9 Å². The number of ether oxygens (including phenoxy) is 2. The smallest absolute Gasteiger partial charge is 0.480 e. The molecule has 0 radical (unpaired) electrons. The third-order valence-corrected chi connectivity index (χ3v) is 5.50. The van der Waals surface area contributed by atoms with Crippen LogP contribution in [0.5, 0.6) is 11.5 Å². The lowest BCUT2D eigenvalue weighted by atomic mass is 9.97. The molecule has 0 amide bonds. The molecule has 172 valence electrons. The standard InChI is InChI=1S/C24H18ClF3O4S/c25-20-14-17(10-11-22(20)31-15-23(29)30)33-13-12-18(16-6-2-1-3-7-16)19-8-4-5-9-21(19)32-24(26,27)28/h1-12,14H,13,15H2,(H,29,30)/b18-12-. The molecule has 3 aromatic rings. The maximum Gasteiger partial charge on any atom is 0.573 e. The number of para-hydroxylation sites is 1. The summed E-state index contributed by atoms with van der Waals surface area (Å²) in [6.45, 7) is -0.505. The quantitative estimate of drug-likeness (QED) is 0.327. The summed E-state index contributed by atoms with van der Waals surface area (Å²) < 4.78 is 48.1. The first kappa shape index (κ1) is 24.5. The first-order valence-corrected chi connectivity index (χ1v) is 11.0. The van der Waals surface area contributed by atoms with Gasteiger partial charge in [0.15, 0.2) is 6.61 Å². The van der Waals surface area contributed by atoms with E-state index in [4.69, 9.17) is 21.4 Å². The van der Waals surface area contributed by atoms with E-state index in [2.05, 4.69) is 4.74 Å². The Morgan fingerprint density at radius 1 is 1.00 bits per heavy atom. The molecule has 0 saturated heterocycles. The molecule has 1 N–H and O–H groups in total. The molecule has 0 aliphatic heterocycles. The van der Waals surface area contributed by atoms with Gasteiger partial charge < -0.3 is 14.6 Å². The Bertz CT molecular complexity index is 1130. The van der Waals surface area contributed by atoms with Gasteiger partial charge in [-0.3, -0.25) is 0 Å². The summed E-state index contributed by atoms with van der Waals surface area (Å²) in [5, 5.41) is 8.97. The summed E-state index contributed by atoms with van der Waals surface area (Å²) in [6.07, 6.45) is -2.99. The second-order valence-electron chi connectivity index (χ2n) is 6.61. The van der Waals surface area contributed by atoms with E-state index in [0.717, 1.165) is 10.5 Å². The first-order chi connectivity index (χ1) is 15.7. The number of carbonyl (C=O) groups is 1. The Morgan fingerprint density at radius 3 is 2.36 bits per heavy atom. The van der Waals surface area contributed by atoms with Crippen molar-refractivity contribution in [2.45, 2.75) is 11.3 Å². The number of halogens is 4. The molecule has 33 heavy (non-hydrogen) atoms. The van der Waals surface area contributed by atoms with Gasteiger partial charge in [-0.25, -0.2) is 4.79 Å². The molecule has 9 heteroatoms. The van der Waals surface area contributed by atoms with E-state index in [1.54, 1.807) is 42.5 Å². The van der Waals surface area contributed by atoms with Crippen molar-refractivity contribution in [3.63, 3.8) is 0 Å². The zero-order valence-corrected chi connectivity index (χ0v) is 18.6. The highest BCUT2D eigenvalue weighted by atomic mass is 35.5. The van der Waals surface area contributed by atoms with Gasteiger partial charge in [-0.1, -0.05) is 66.2 Å². The first-order valence-electron chi connectivity index (χ1n) is 9.60. The minimum atomic E-state index is -4.81. The molecule has 0 unspecified atom stereocenters. The van der Waals surface area contributed by atoms with E-state index in [1.807, 2.05) is 24.3 Å². The van der Waals surface area contributed by atoms with E-state index < -0.39 is 18.9 Å². The summed E-state index contributed by atoms with van der Waals surface area (Å²) in [5.74, 6) is -0.718. The van der Waals surface area contributed by atoms with Crippen LogP contribution in [0.3, 0.4) is 0 Å². The van der Waals surface area contributed by atoms with E-state index in [9.17, 15) is 18.0 Å². The number of carboxylic acids is 1. The van der Waals surface area contributed by atoms with Crippen LogP contribution >= 0.6 is 23.4 Å². The summed E-state index contributed by atoms with van der Waals surface area (Å²) in [4.78, 5) is 11.4. The van der Waals surface area contributed by atoms with Crippen LogP contribution in [0.25, 0.3) is 5.57 Å². The van der Waals surface area contributed by atoms with Crippen LogP contribution in [0.15, 0.2) is 83.8 Å². The van der Waals surface area contributed by atoms with Gasteiger partial charge in [-0.05, 0) is 35.4 Å². The van der Waals surface area contributed by atoms with Gasteiger partial charge in [0.25, 0.3) is 0 Å². The molecule has 0 atom stereocenters. The number of benzene rings is 3. The Morgan fingerprint density at radius 2 is 1.70 bits per heavy atom. The second-order valence-corrected chi connectivity index (χ2v) is 8.11. The fourth-order valence-corrected chi connectivity index (χ4v) is 4.06. The molecular weight excluding hydrogens is 477 g/mol. The van der Waals surface area contributed by atoms with Crippen LogP contribution in [-0.2, 0) is 4.79 Å². The molecule has 0 bridgehead atoms. The van der Waals surface area contributed by atoms with Gasteiger partial charge in [-0.2, -0.15) is 0 Å². The molecule has 0 spiro atoms. The highest BCUT2D eigenvalue weighted by Crippen LogP contribution is 2.35. The monoisotopic (exact) mass is 494 g/mol. The zero-order chi connectivity index (χ0) is 23.8. The molecule has 4 nitrogen and oxygen atoms in total. The Balaban J connectivity index is 1.85. The fraction of sp³-hybridized carbons (Fsp3) is 0.125. The van der Waals surface area contributed by atoms with Crippen molar-refractivity contribution in [3.05, 3.63) is 95.0 Å². The van der Waals surface area contributed by atoms with Crippen molar-refractivity contribution in [3.8, 4) is 11.5 Å². The normalized spacial score (nSPS) is 11.8. The van der Waals surface area contributed by atoms with Crippen molar-refractivity contribution in [1.82, 2.24) is 0 Å². The van der Waals surface area contributed by atoms with Crippen LogP contribution in [0.4, 0.5) is 13.2 Å². The topological polar surface area (TPSA) is 55.8 Å². The molecule has 0 heterocycles. The summed E-state index contributed by atoms with van der Waals surface area (Å²) in [5.41, 5.74) is 1.65. The summed E-state index contributed by atoms with van der Waals surface area (Å²) >= 11 is 7.57. The average molecular weight is 495 g/mol. The molecule has 3 rings (SSSR count). The van der Waals surface area contributed by atoms with Gasteiger partial charge in [0, 0.05) is 16.2 Å². The average Bonchev–Trinajstić information content (AvgIpc) is 2.76. The number of carboxylic acid groups (broad SMARTS) is 1. The summed E-state index contributed by atoms with van der Waals surface area (Å²) in [6, 6.07) is 20.0. The summed E-state index contributed by atoms with van der Waals surface area (Å²) in [7, 11) is 0. The van der Waals surface area contributed by atoms with Crippen LogP contribution in [0.1, 0.15) is 11.1 Å². The van der Waals surface area contributed by atoms with Gasteiger partial charge in [0.05, 0.1) is 5.02 Å². The number of hydrogen-bond acceptors (Lipinski definition) is 4. The van der Waals surface area contributed by atoms with E-state index in [0.29, 0.717) is 16.9 Å². The molecule has 3 aromatic carbocycles. The third kappa shape index (κ3) is 7.47. The lowest BCUT2D eigenvalue weighted by Gasteiger charge is -2.16. The Kier molecular flexibility index (Phi) is 8.30. The van der Waals surface area contributed by atoms with Crippen LogP contribution in [-0.4, -0.2) is 29.8 Å². The molecule has 0 aliphatic carbocycles. The number of rotatable bonds is 9. The lowest BCUT2D eigenvalue weighted by Crippen LogP contribution is -2.18. The van der Waals surface area contributed by atoms with Crippen LogP contribution in [0, 0.1) is 0 Å². The predicted molar refractivity (Wildman–Crippen MR) is 122 cm³/mol. The minimum absolute atomic E-state index is 0.252. The fourth-order valence-electron chi connectivity index (χ4n) is 2.95. The number of thioether (sulfide) groups is 1.